The Morgan fingerprint density at radius 3 is 2.82 bits per heavy atom. The standard InChI is InChI=1S/C27H33FN4O/c28-21-6-3-5-19(17-21)11-12-29-25-8-4-7-22-23-18-20(9-10-24(23)31-26(22)25)27(33)30-13-16-32-14-1-2-15-32/h3,5-6,9-10,17-18,25,29,31H,1-2,4,7-8,11-16H2,(H,30,33). The summed E-state index contributed by atoms with van der Waals surface area (Å²) >= 11 is 0. The second kappa shape index (κ2) is 10.1. The molecule has 1 atom stereocenters. The molecule has 1 amide bonds. The molecule has 6 heteroatoms. The highest BCUT2D eigenvalue weighted by atomic mass is 19.1. The molecule has 33 heavy (non-hydrogen) atoms. The smallest absolute Gasteiger partial charge is 0.251 e. The minimum absolute atomic E-state index is 0.00613. The zero-order valence-electron chi connectivity index (χ0n) is 19.1. The highest BCUT2D eigenvalue weighted by Crippen LogP contribution is 2.35. The van der Waals surface area contributed by atoms with E-state index in [2.05, 4.69) is 20.5 Å². The van der Waals surface area contributed by atoms with Gasteiger partial charge < -0.3 is 20.5 Å². The largest absolute Gasteiger partial charge is 0.357 e. The molecule has 0 radical (unpaired) electrons. The van der Waals surface area contributed by atoms with Crippen LogP contribution in [-0.4, -0.2) is 48.5 Å². The van der Waals surface area contributed by atoms with Crippen molar-refractivity contribution >= 4 is 16.8 Å². The molecule has 174 valence electrons. The van der Waals surface area contributed by atoms with E-state index >= 15 is 0 Å². The van der Waals surface area contributed by atoms with Crippen LogP contribution in [0.15, 0.2) is 42.5 Å². The molecule has 1 fully saturated rings. The number of likely N-dealkylation sites (tertiary alicyclic amines) is 1. The molecule has 2 aromatic carbocycles. The molecule has 1 saturated heterocycles. The Morgan fingerprint density at radius 1 is 1.09 bits per heavy atom. The number of carbonyl (C=O) groups is 1. The second-order valence-corrected chi connectivity index (χ2v) is 9.36. The van der Waals surface area contributed by atoms with Gasteiger partial charge in [0.25, 0.3) is 5.91 Å². The summed E-state index contributed by atoms with van der Waals surface area (Å²) in [7, 11) is 0. The number of nitrogens with zero attached hydrogens (tertiary/aromatic N) is 1. The minimum atomic E-state index is -0.182. The SMILES string of the molecule is O=C(NCCN1CCCC1)c1ccc2[nH]c3c(c2c1)CCCC3NCCc1cccc(F)c1. The number of fused-ring (bicyclic) bond motifs is 3. The summed E-state index contributed by atoms with van der Waals surface area (Å²) in [5.74, 6) is -0.175. The number of benzene rings is 2. The number of aromatic nitrogens is 1. The average molecular weight is 449 g/mol. The first-order valence-electron chi connectivity index (χ1n) is 12.3. The van der Waals surface area contributed by atoms with Crippen molar-refractivity contribution in [3.63, 3.8) is 0 Å². The first kappa shape index (κ1) is 22.1. The summed E-state index contributed by atoms with van der Waals surface area (Å²) in [4.78, 5) is 18.8. The van der Waals surface area contributed by atoms with E-state index in [1.165, 1.54) is 30.2 Å². The van der Waals surface area contributed by atoms with Gasteiger partial charge in [-0.3, -0.25) is 4.79 Å². The number of H-pyrrole nitrogens is 1. The van der Waals surface area contributed by atoms with Crippen LogP contribution in [0.5, 0.6) is 0 Å². The van der Waals surface area contributed by atoms with Crippen LogP contribution in [0.25, 0.3) is 10.9 Å². The van der Waals surface area contributed by atoms with Crippen molar-refractivity contribution in [2.45, 2.75) is 44.6 Å². The van der Waals surface area contributed by atoms with Crippen molar-refractivity contribution < 1.29 is 9.18 Å². The number of aryl methyl sites for hydroxylation is 1. The van der Waals surface area contributed by atoms with E-state index in [1.54, 1.807) is 12.1 Å². The van der Waals surface area contributed by atoms with Gasteiger partial charge in [-0.25, -0.2) is 4.39 Å². The van der Waals surface area contributed by atoms with Gasteiger partial charge in [0.1, 0.15) is 5.82 Å². The Hall–Kier alpha value is -2.70. The Kier molecular flexibility index (Phi) is 6.74. The fourth-order valence-electron chi connectivity index (χ4n) is 5.33. The number of rotatable bonds is 8. The summed E-state index contributed by atoms with van der Waals surface area (Å²) in [6.07, 6.45) is 6.55. The second-order valence-electron chi connectivity index (χ2n) is 9.36. The molecule has 2 heterocycles. The fourth-order valence-corrected chi connectivity index (χ4v) is 5.33. The van der Waals surface area contributed by atoms with Crippen LogP contribution in [0.4, 0.5) is 4.39 Å². The number of halogens is 1. The molecule has 5 rings (SSSR count). The molecule has 1 aliphatic carbocycles. The Bertz CT molecular complexity index is 1120. The fraction of sp³-hybridized carbons (Fsp3) is 0.444. The lowest BCUT2D eigenvalue weighted by Crippen LogP contribution is -2.33. The van der Waals surface area contributed by atoms with Gasteiger partial charge in [0.15, 0.2) is 0 Å². The topological polar surface area (TPSA) is 60.2 Å². The summed E-state index contributed by atoms with van der Waals surface area (Å²) < 4.78 is 13.4. The van der Waals surface area contributed by atoms with Gasteiger partial charge >= 0.3 is 0 Å². The third-order valence-corrected chi connectivity index (χ3v) is 7.08. The van der Waals surface area contributed by atoms with E-state index < -0.39 is 0 Å². The maximum atomic E-state index is 13.4. The summed E-state index contributed by atoms with van der Waals surface area (Å²) in [6, 6.07) is 13.1. The van der Waals surface area contributed by atoms with E-state index in [0.717, 1.165) is 73.9 Å². The van der Waals surface area contributed by atoms with Crippen LogP contribution >= 0.6 is 0 Å². The Balaban J connectivity index is 1.24. The maximum absolute atomic E-state index is 13.4. The van der Waals surface area contributed by atoms with Crippen LogP contribution in [-0.2, 0) is 12.8 Å². The van der Waals surface area contributed by atoms with Crippen molar-refractivity contribution in [2.24, 2.45) is 0 Å². The highest BCUT2D eigenvalue weighted by molar-refractivity contribution is 5.99. The van der Waals surface area contributed by atoms with Crippen LogP contribution in [0.3, 0.4) is 0 Å². The van der Waals surface area contributed by atoms with E-state index in [1.807, 2.05) is 24.3 Å². The number of hydrogen-bond donors (Lipinski definition) is 3. The molecule has 1 unspecified atom stereocenters. The Labute approximate surface area is 194 Å². The zero-order valence-corrected chi connectivity index (χ0v) is 19.1. The Morgan fingerprint density at radius 2 is 1.97 bits per heavy atom. The lowest BCUT2D eigenvalue weighted by molar-refractivity contribution is 0.0950. The number of aromatic amines is 1. The van der Waals surface area contributed by atoms with Crippen molar-refractivity contribution in [3.8, 4) is 0 Å². The van der Waals surface area contributed by atoms with Gasteiger partial charge in [0.2, 0.25) is 0 Å². The van der Waals surface area contributed by atoms with Gasteiger partial charge in [-0.1, -0.05) is 12.1 Å². The molecule has 1 aliphatic heterocycles. The third-order valence-electron chi connectivity index (χ3n) is 7.08. The summed E-state index contributed by atoms with van der Waals surface area (Å²) in [5.41, 5.74) is 5.39. The highest BCUT2D eigenvalue weighted by Gasteiger charge is 2.24. The zero-order chi connectivity index (χ0) is 22.6. The van der Waals surface area contributed by atoms with Gasteiger partial charge in [0.05, 0.1) is 0 Å². The van der Waals surface area contributed by atoms with E-state index in [-0.39, 0.29) is 17.8 Å². The quantitative estimate of drug-likeness (QED) is 0.480. The number of carbonyl (C=O) groups excluding carboxylic acids is 1. The predicted octanol–water partition coefficient (Wildman–Crippen LogP) is 4.34. The van der Waals surface area contributed by atoms with Gasteiger partial charge in [-0.05, 0) is 99.6 Å². The molecule has 0 bridgehead atoms. The monoisotopic (exact) mass is 448 g/mol. The minimum Gasteiger partial charge on any atom is -0.357 e. The molecular weight excluding hydrogens is 415 g/mol. The molecule has 0 spiro atoms. The molecule has 2 aliphatic rings. The summed E-state index contributed by atoms with van der Waals surface area (Å²) in [5, 5.41) is 7.91. The van der Waals surface area contributed by atoms with E-state index in [0.29, 0.717) is 6.54 Å². The van der Waals surface area contributed by atoms with Crippen LogP contribution < -0.4 is 10.6 Å². The first-order valence-corrected chi connectivity index (χ1v) is 12.3. The van der Waals surface area contributed by atoms with Crippen molar-refractivity contribution in [1.82, 2.24) is 20.5 Å². The molecule has 3 aromatic rings. The molecular formula is C27H33FN4O. The van der Waals surface area contributed by atoms with Gasteiger partial charge in [-0.2, -0.15) is 0 Å². The lowest BCUT2D eigenvalue weighted by Gasteiger charge is -2.24. The number of amides is 1. The predicted molar refractivity (Wildman–Crippen MR) is 130 cm³/mol. The van der Waals surface area contributed by atoms with E-state index in [4.69, 9.17) is 0 Å². The summed E-state index contributed by atoms with van der Waals surface area (Å²) in [6.45, 7) is 4.72. The molecule has 5 nitrogen and oxygen atoms in total. The van der Waals surface area contributed by atoms with Crippen LogP contribution in [0.1, 0.15) is 58.9 Å². The first-order chi connectivity index (χ1) is 16.2. The van der Waals surface area contributed by atoms with Gasteiger partial charge in [-0.15, -0.1) is 0 Å². The van der Waals surface area contributed by atoms with Gasteiger partial charge in [0, 0.05) is 41.3 Å². The molecule has 3 N–H and O–H groups in total. The average Bonchev–Trinajstić information content (AvgIpc) is 3.47. The van der Waals surface area contributed by atoms with Crippen molar-refractivity contribution in [3.05, 3.63) is 70.7 Å². The maximum Gasteiger partial charge on any atom is 0.251 e. The molecule has 1 aromatic heterocycles. The van der Waals surface area contributed by atoms with Crippen molar-refractivity contribution in [2.75, 3.05) is 32.7 Å². The van der Waals surface area contributed by atoms with E-state index in [9.17, 15) is 9.18 Å². The molecule has 0 saturated carbocycles. The third kappa shape index (κ3) is 5.12. The van der Waals surface area contributed by atoms with Crippen LogP contribution in [0.2, 0.25) is 0 Å². The number of hydrogen-bond acceptors (Lipinski definition) is 3. The van der Waals surface area contributed by atoms with Crippen molar-refractivity contribution in [1.29, 1.82) is 0 Å². The normalized spacial score (nSPS) is 18.5. The van der Waals surface area contributed by atoms with Crippen LogP contribution in [0, 0.1) is 5.82 Å². The lowest BCUT2D eigenvalue weighted by atomic mass is 9.91. The number of nitrogens with one attached hydrogen (secondary N) is 3.